The molecule has 2 heterocycles. The number of benzene rings is 1. The van der Waals surface area contributed by atoms with Crippen molar-refractivity contribution in [3.8, 4) is 11.5 Å². The van der Waals surface area contributed by atoms with Gasteiger partial charge >= 0.3 is 0 Å². The SMILES string of the molecule is COc1cnc(CSc2ncccn2)cc1OCC(=O)Nc1cccc(Cl)c1. The van der Waals surface area contributed by atoms with E-state index in [1.54, 1.807) is 55.0 Å². The molecule has 0 spiro atoms. The summed E-state index contributed by atoms with van der Waals surface area (Å²) in [5.41, 5.74) is 1.35. The first-order chi connectivity index (χ1) is 13.6. The summed E-state index contributed by atoms with van der Waals surface area (Å²) in [6, 6.07) is 10.4. The van der Waals surface area contributed by atoms with E-state index in [4.69, 9.17) is 21.1 Å². The van der Waals surface area contributed by atoms with Gasteiger partial charge in [0.2, 0.25) is 0 Å². The van der Waals surface area contributed by atoms with Crippen LogP contribution in [-0.2, 0) is 10.5 Å². The van der Waals surface area contributed by atoms with Crippen LogP contribution in [0.3, 0.4) is 0 Å². The maximum absolute atomic E-state index is 12.1. The number of methoxy groups -OCH3 is 1. The van der Waals surface area contributed by atoms with Crippen LogP contribution in [0.2, 0.25) is 5.02 Å². The third-order valence-corrected chi connectivity index (χ3v) is 4.61. The highest BCUT2D eigenvalue weighted by molar-refractivity contribution is 7.98. The van der Waals surface area contributed by atoms with Gasteiger partial charge in [-0.3, -0.25) is 9.78 Å². The Balaban J connectivity index is 1.60. The predicted molar refractivity (Wildman–Crippen MR) is 108 cm³/mol. The van der Waals surface area contributed by atoms with Crippen molar-refractivity contribution in [1.82, 2.24) is 15.0 Å². The quantitative estimate of drug-likeness (QED) is 0.441. The van der Waals surface area contributed by atoms with Crippen LogP contribution in [0, 0.1) is 0 Å². The van der Waals surface area contributed by atoms with Gasteiger partial charge in [-0.05, 0) is 24.3 Å². The Hall–Kier alpha value is -2.84. The molecule has 0 bridgehead atoms. The summed E-state index contributed by atoms with van der Waals surface area (Å²) in [5, 5.41) is 3.92. The highest BCUT2D eigenvalue weighted by Crippen LogP contribution is 2.28. The molecular weight excluding hydrogens is 400 g/mol. The average Bonchev–Trinajstić information content (AvgIpc) is 2.71. The van der Waals surface area contributed by atoms with Crippen molar-refractivity contribution in [3.05, 3.63) is 65.7 Å². The molecule has 1 N–H and O–H groups in total. The van der Waals surface area contributed by atoms with Crippen LogP contribution < -0.4 is 14.8 Å². The lowest BCUT2D eigenvalue weighted by Gasteiger charge is -2.12. The molecule has 1 amide bonds. The fraction of sp³-hybridized carbons (Fsp3) is 0.158. The molecule has 0 saturated heterocycles. The number of pyridine rings is 1. The standard InChI is InChI=1S/C19H17ClN4O3S/c1-26-17-10-23-15(12-28-19-21-6-3-7-22-19)9-16(17)27-11-18(25)24-14-5-2-4-13(20)8-14/h2-10H,11-12H2,1H3,(H,24,25). The number of hydrogen-bond acceptors (Lipinski definition) is 7. The number of rotatable bonds is 8. The Morgan fingerprint density at radius 2 is 1.96 bits per heavy atom. The van der Waals surface area contributed by atoms with E-state index in [9.17, 15) is 4.79 Å². The lowest BCUT2D eigenvalue weighted by molar-refractivity contribution is -0.118. The number of ether oxygens (including phenoxy) is 2. The van der Waals surface area contributed by atoms with Gasteiger partial charge in [0.1, 0.15) is 0 Å². The highest BCUT2D eigenvalue weighted by Gasteiger charge is 2.11. The summed E-state index contributed by atoms with van der Waals surface area (Å²) in [6.07, 6.45) is 4.93. The van der Waals surface area contributed by atoms with Gasteiger partial charge in [0.25, 0.3) is 5.91 Å². The van der Waals surface area contributed by atoms with Crippen LogP contribution in [0.1, 0.15) is 5.69 Å². The monoisotopic (exact) mass is 416 g/mol. The number of anilines is 1. The van der Waals surface area contributed by atoms with Gasteiger partial charge in [-0.2, -0.15) is 0 Å². The first-order valence-corrected chi connectivity index (χ1v) is 9.61. The second-order valence-corrected chi connectivity index (χ2v) is 6.87. The molecule has 0 atom stereocenters. The first-order valence-electron chi connectivity index (χ1n) is 8.25. The van der Waals surface area contributed by atoms with Crippen LogP contribution in [0.4, 0.5) is 5.69 Å². The minimum absolute atomic E-state index is 0.179. The largest absolute Gasteiger partial charge is 0.491 e. The Morgan fingerprint density at radius 3 is 2.71 bits per heavy atom. The third-order valence-electron chi connectivity index (χ3n) is 3.47. The van der Waals surface area contributed by atoms with Crippen molar-refractivity contribution in [2.24, 2.45) is 0 Å². The second kappa shape index (κ2) is 9.91. The number of carbonyl (C=O) groups excluding carboxylic acids is 1. The number of nitrogens with zero attached hydrogens (tertiary/aromatic N) is 3. The Kier molecular flexibility index (Phi) is 7.05. The maximum atomic E-state index is 12.1. The number of halogens is 1. The third kappa shape index (κ3) is 5.83. The molecule has 0 fully saturated rings. The Labute approximate surface area is 171 Å². The number of thioether (sulfide) groups is 1. The van der Waals surface area contributed by atoms with Crippen LogP contribution in [0.15, 0.2) is 60.1 Å². The van der Waals surface area contributed by atoms with E-state index < -0.39 is 0 Å². The van der Waals surface area contributed by atoms with Crippen molar-refractivity contribution in [1.29, 1.82) is 0 Å². The second-order valence-electron chi connectivity index (χ2n) is 5.49. The van der Waals surface area contributed by atoms with Crippen LogP contribution in [0.5, 0.6) is 11.5 Å². The molecule has 0 aliphatic rings. The molecule has 0 unspecified atom stereocenters. The Bertz CT molecular complexity index is 943. The summed E-state index contributed by atoms with van der Waals surface area (Å²) < 4.78 is 10.9. The molecule has 0 saturated carbocycles. The Morgan fingerprint density at radius 1 is 1.14 bits per heavy atom. The van der Waals surface area contributed by atoms with Gasteiger partial charge in [-0.25, -0.2) is 9.97 Å². The zero-order valence-electron chi connectivity index (χ0n) is 15.0. The number of nitrogens with one attached hydrogen (secondary N) is 1. The van der Waals surface area contributed by atoms with Crippen molar-refractivity contribution in [2.75, 3.05) is 19.0 Å². The molecule has 9 heteroatoms. The average molecular weight is 417 g/mol. The van der Waals surface area contributed by atoms with Gasteiger partial charge in [0.05, 0.1) is 19.0 Å². The normalized spacial score (nSPS) is 10.4. The van der Waals surface area contributed by atoms with E-state index in [0.29, 0.717) is 33.1 Å². The topological polar surface area (TPSA) is 86.2 Å². The van der Waals surface area contributed by atoms with E-state index in [1.807, 2.05) is 0 Å². The van der Waals surface area contributed by atoms with Crippen molar-refractivity contribution >= 4 is 35.0 Å². The molecule has 0 aliphatic carbocycles. The fourth-order valence-electron chi connectivity index (χ4n) is 2.21. The molecule has 144 valence electrons. The van der Waals surface area contributed by atoms with Crippen LogP contribution in [0.25, 0.3) is 0 Å². The van der Waals surface area contributed by atoms with E-state index in [-0.39, 0.29) is 12.5 Å². The molecule has 3 aromatic rings. The summed E-state index contributed by atoms with van der Waals surface area (Å²) in [6.45, 7) is -0.179. The summed E-state index contributed by atoms with van der Waals surface area (Å²) in [4.78, 5) is 24.8. The van der Waals surface area contributed by atoms with Crippen molar-refractivity contribution in [3.63, 3.8) is 0 Å². The molecule has 7 nitrogen and oxygen atoms in total. The predicted octanol–water partition coefficient (Wildman–Crippen LogP) is 3.84. The molecule has 0 aliphatic heterocycles. The number of aromatic nitrogens is 3. The molecule has 1 aromatic carbocycles. The fourth-order valence-corrected chi connectivity index (χ4v) is 3.11. The number of carbonyl (C=O) groups is 1. The lowest BCUT2D eigenvalue weighted by atomic mass is 10.3. The van der Waals surface area contributed by atoms with Gasteiger partial charge in [-0.1, -0.05) is 29.4 Å². The molecule has 3 rings (SSSR count). The number of hydrogen-bond donors (Lipinski definition) is 1. The maximum Gasteiger partial charge on any atom is 0.262 e. The molecule has 0 radical (unpaired) electrons. The minimum Gasteiger partial charge on any atom is -0.491 e. The van der Waals surface area contributed by atoms with Crippen LogP contribution in [-0.4, -0.2) is 34.6 Å². The van der Waals surface area contributed by atoms with E-state index in [0.717, 1.165) is 5.69 Å². The highest BCUT2D eigenvalue weighted by atomic mass is 35.5. The van der Waals surface area contributed by atoms with E-state index in [1.165, 1.54) is 18.9 Å². The van der Waals surface area contributed by atoms with Crippen molar-refractivity contribution in [2.45, 2.75) is 10.9 Å². The molecule has 2 aromatic heterocycles. The zero-order chi connectivity index (χ0) is 19.8. The molecular formula is C19H17ClN4O3S. The van der Waals surface area contributed by atoms with E-state index in [2.05, 4.69) is 20.3 Å². The van der Waals surface area contributed by atoms with E-state index >= 15 is 0 Å². The first kappa shape index (κ1) is 19.9. The van der Waals surface area contributed by atoms with Gasteiger partial charge in [0.15, 0.2) is 23.3 Å². The minimum atomic E-state index is -0.310. The smallest absolute Gasteiger partial charge is 0.262 e. The summed E-state index contributed by atoms with van der Waals surface area (Å²) >= 11 is 7.37. The van der Waals surface area contributed by atoms with Crippen LogP contribution >= 0.6 is 23.4 Å². The van der Waals surface area contributed by atoms with Gasteiger partial charge in [0, 0.05) is 34.9 Å². The molecule has 28 heavy (non-hydrogen) atoms. The van der Waals surface area contributed by atoms with Gasteiger partial charge in [-0.15, -0.1) is 0 Å². The summed E-state index contributed by atoms with van der Waals surface area (Å²) in [7, 11) is 1.52. The van der Waals surface area contributed by atoms with Gasteiger partial charge < -0.3 is 14.8 Å². The lowest BCUT2D eigenvalue weighted by Crippen LogP contribution is -2.20. The summed E-state index contributed by atoms with van der Waals surface area (Å²) in [5.74, 6) is 1.12. The number of amides is 1. The zero-order valence-corrected chi connectivity index (χ0v) is 16.5. The van der Waals surface area contributed by atoms with Crippen molar-refractivity contribution < 1.29 is 14.3 Å².